The molecule has 10 heteroatoms. The van der Waals surface area contributed by atoms with Crippen molar-refractivity contribution in [3.8, 4) is 5.75 Å². The number of hydrogen-bond acceptors (Lipinski definition) is 7. The normalized spacial score (nSPS) is 25.1. The maximum Gasteiger partial charge on any atom is 0.258 e. The molecule has 9 nitrogen and oxygen atoms in total. The van der Waals surface area contributed by atoms with Crippen LogP contribution in [0.15, 0.2) is 18.2 Å². The van der Waals surface area contributed by atoms with Crippen LogP contribution in [-0.4, -0.2) is 93.6 Å². The molecule has 1 amide bonds. The van der Waals surface area contributed by atoms with Gasteiger partial charge in [0.1, 0.15) is 5.75 Å². The van der Waals surface area contributed by atoms with Crippen LogP contribution in [-0.2, 0) is 14.8 Å². The number of benzene rings is 1. The monoisotopic (exact) mass is 581 g/mol. The third-order valence-electron chi connectivity index (χ3n) is 8.14. The van der Waals surface area contributed by atoms with Crippen molar-refractivity contribution in [1.82, 2.24) is 9.80 Å². The molecule has 0 aromatic heterocycles. The average Bonchev–Trinajstić information content (AvgIpc) is 2.90. The van der Waals surface area contributed by atoms with E-state index in [1.54, 1.807) is 17.0 Å². The Hall–Kier alpha value is -1.88. The van der Waals surface area contributed by atoms with Gasteiger partial charge < -0.3 is 24.4 Å². The first-order valence-electron chi connectivity index (χ1n) is 15.0. The van der Waals surface area contributed by atoms with Gasteiger partial charge in [0, 0.05) is 37.8 Å². The Kier molecular flexibility index (Phi) is 12.5. The minimum atomic E-state index is -3.53. The van der Waals surface area contributed by atoms with Crippen molar-refractivity contribution in [3.05, 3.63) is 23.8 Å². The number of carbonyl (C=O) groups excluding carboxylic acids is 1. The van der Waals surface area contributed by atoms with Gasteiger partial charge >= 0.3 is 0 Å². The van der Waals surface area contributed by atoms with Gasteiger partial charge in [0.25, 0.3) is 5.91 Å². The standard InChI is InChI=1S/C30H51N3O6S/c1-22-18-33(23(2)21-34)30(35)27-17-26(31-40(5,36)37)14-15-28(27)39-24(3)11-9-10-16-38-29(22)20-32(4)19-25-12-7-6-8-13-25/h14-15,17,22-25,29,31,34H,6-13,16,18-21H2,1-5H3/t22-,23-,24-,29-/m0/s1. The van der Waals surface area contributed by atoms with Crippen LogP contribution in [0.5, 0.6) is 5.75 Å². The quantitative estimate of drug-likeness (QED) is 0.470. The lowest BCUT2D eigenvalue weighted by molar-refractivity contribution is -0.0190. The van der Waals surface area contributed by atoms with Gasteiger partial charge in [-0.1, -0.05) is 26.2 Å². The Morgan fingerprint density at radius 3 is 2.48 bits per heavy atom. The third kappa shape index (κ3) is 10.2. The van der Waals surface area contributed by atoms with Crippen molar-refractivity contribution < 1.29 is 27.8 Å². The second-order valence-electron chi connectivity index (χ2n) is 12.1. The average molecular weight is 582 g/mol. The van der Waals surface area contributed by atoms with Crippen molar-refractivity contribution in [2.75, 3.05) is 50.9 Å². The fourth-order valence-electron chi connectivity index (χ4n) is 5.85. The molecule has 1 heterocycles. The highest BCUT2D eigenvalue weighted by Crippen LogP contribution is 2.29. The summed E-state index contributed by atoms with van der Waals surface area (Å²) in [4.78, 5) is 18.1. The van der Waals surface area contributed by atoms with Crippen molar-refractivity contribution in [3.63, 3.8) is 0 Å². The number of nitrogens with zero attached hydrogens (tertiary/aromatic N) is 2. The lowest BCUT2D eigenvalue weighted by Gasteiger charge is -2.36. The van der Waals surface area contributed by atoms with E-state index in [1.165, 1.54) is 38.2 Å². The minimum Gasteiger partial charge on any atom is -0.490 e. The summed E-state index contributed by atoms with van der Waals surface area (Å²) in [5, 5.41) is 10.1. The molecule has 0 unspecified atom stereocenters. The Balaban J connectivity index is 1.89. The fraction of sp³-hybridized carbons (Fsp3) is 0.767. The molecule has 0 radical (unpaired) electrons. The van der Waals surface area contributed by atoms with E-state index in [2.05, 4.69) is 23.6 Å². The molecule has 1 aliphatic carbocycles. The summed E-state index contributed by atoms with van der Waals surface area (Å²) in [5.74, 6) is 0.846. The number of ether oxygens (including phenoxy) is 2. The summed E-state index contributed by atoms with van der Waals surface area (Å²) in [7, 11) is -1.36. The molecule has 4 atom stereocenters. The molecule has 0 saturated heterocycles. The summed E-state index contributed by atoms with van der Waals surface area (Å²) >= 11 is 0. The number of rotatable bonds is 8. The topological polar surface area (TPSA) is 108 Å². The molecule has 0 bridgehead atoms. The van der Waals surface area contributed by atoms with Crippen LogP contribution in [0, 0.1) is 11.8 Å². The summed E-state index contributed by atoms with van der Waals surface area (Å²) in [5.41, 5.74) is 0.569. The Labute approximate surface area is 241 Å². The van der Waals surface area contributed by atoms with E-state index in [4.69, 9.17) is 9.47 Å². The SMILES string of the molecule is C[C@H]1CCCCO[C@@H](CN(C)CC2CCCCC2)[C@@H](C)CN([C@@H](C)CO)C(=O)c2cc(NS(C)(=O)=O)ccc2O1. The smallest absolute Gasteiger partial charge is 0.258 e. The molecule has 1 fully saturated rings. The number of hydrogen-bond donors (Lipinski definition) is 2. The van der Waals surface area contributed by atoms with Crippen molar-refractivity contribution in [1.29, 1.82) is 0 Å². The number of nitrogens with one attached hydrogen (secondary N) is 1. The van der Waals surface area contributed by atoms with E-state index < -0.39 is 16.1 Å². The zero-order chi connectivity index (χ0) is 29.3. The van der Waals surface area contributed by atoms with Crippen LogP contribution < -0.4 is 9.46 Å². The summed E-state index contributed by atoms with van der Waals surface area (Å²) in [6.45, 7) is 8.59. The molecule has 2 aliphatic rings. The molecule has 1 aliphatic heterocycles. The highest BCUT2D eigenvalue weighted by Gasteiger charge is 2.31. The first-order valence-corrected chi connectivity index (χ1v) is 16.9. The van der Waals surface area contributed by atoms with Gasteiger partial charge in [-0.05, 0) is 77.1 Å². The number of aliphatic hydroxyl groups is 1. The predicted molar refractivity (Wildman–Crippen MR) is 159 cm³/mol. The van der Waals surface area contributed by atoms with E-state index >= 15 is 0 Å². The van der Waals surface area contributed by atoms with Gasteiger partial charge in [0.15, 0.2) is 0 Å². The molecule has 1 aromatic carbocycles. The highest BCUT2D eigenvalue weighted by molar-refractivity contribution is 7.92. The van der Waals surface area contributed by atoms with Gasteiger partial charge in [-0.25, -0.2) is 8.42 Å². The molecule has 1 saturated carbocycles. The number of likely N-dealkylation sites (N-methyl/N-ethyl adjacent to an activating group) is 1. The molecular formula is C30H51N3O6S. The number of aliphatic hydroxyl groups excluding tert-OH is 1. The fourth-order valence-corrected chi connectivity index (χ4v) is 6.41. The molecule has 0 spiro atoms. The lowest BCUT2D eigenvalue weighted by atomic mass is 9.89. The first-order chi connectivity index (χ1) is 19.0. The first kappa shape index (κ1) is 32.6. The van der Waals surface area contributed by atoms with Gasteiger partial charge in [0.05, 0.1) is 36.7 Å². The van der Waals surface area contributed by atoms with Crippen molar-refractivity contribution >= 4 is 21.6 Å². The zero-order valence-corrected chi connectivity index (χ0v) is 25.9. The minimum absolute atomic E-state index is 0.00955. The second-order valence-corrected chi connectivity index (χ2v) is 13.9. The molecule has 1 aromatic rings. The van der Waals surface area contributed by atoms with Crippen LogP contribution >= 0.6 is 0 Å². The van der Waals surface area contributed by atoms with Crippen LogP contribution in [0.25, 0.3) is 0 Å². The predicted octanol–water partition coefficient (Wildman–Crippen LogP) is 4.37. The largest absolute Gasteiger partial charge is 0.490 e. The number of fused-ring (bicyclic) bond motifs is 1. The van der Waals surface area contributed by atoms with Crippen LogP contribution in [0.2, 0.25) is 0 Å². The van der Waals surface area contributed by atoms with E-state index in [1.807, 2.05) is 13.8 Å². The van der Waals surface area contributed by atoms with Gasteiger partial charge in [-0.2, -0.15) is 0 Å². The maximum atomic E-state index is 14.1. The Bertz CT molecular complexity index is 1050. The highest BCUT2D eigenvalue weighted by atomic mass is 32.2. The van der Waals surface area contributed by atoms with Crippen LogP contribution in [0.4, 0.5) is 5.69 Å². The van der Waals surface area contributed by atoms with Crippen molar-refractivity contribution in [2.45, 2.75) is 90.4 Å². The maximum absolute atomic E-state index is 14.1. The molecule has 3 rings (SSSR count). The summed E-state index contributed by atoms with van der Waals surface area (Å²) in [6.07, 6.45) is 10.1. The lowest BCUT2D eigenvalue weighted by Crippen LogP contribution is -2.47. The van der Waals surface area contributed by atoms with Gasteiger partial charge in [0.2, 0.25) is 10.0 Å². The van der Waals surface area contributed by atoms with Crippen molar-refractivity contribution in [2.24, 2.45) is 11.8 Å². The molecule has 2 N–H and O–H groups in total. The molecular weight excluding hydrogens is 530 g/mol. The number of sulfonamides is 1. The number of carbonyl (C=O) groups is 1. The molecule has 40 heavy (non-hydrogen) atoms. The van der Waals surface area contributed by atoms with E-state index in [-0.39, 0.29) is 36.2 Å². The van der Waals surface area contributed by atoms with Gasteiger partial charge in [-0.15, -0.1) is 0 Å². The third-order valence-corrected chi connectivity index (χ3v) is 8.75. The van der Waals surface area contributed by atoms with E-state index in [0.717, 1.165) is 44.5 Å². The summed E-state index contributed by atoms with van der Waals surface area (Å²) < 4.78 is 38.9. The van der Waals surface area contributed by atoms with Gasteiger partial charge in [-0.3, -0.25) is 9.52 Å². The number of anilines is 1. The van der Waals surface area contributed by atoms with Crippen LogP contribution in [0.3, 0.4) is 0 Å². The number of amides is 1. The van der Waals surface area contributed by atoms with E-state index in [9.17, 15) is 18.3 Å². The van der Waals surface area contributed by atoms with E-state index in [0.29, 0.717) is 24.6 Å². The Morgan fingerprint density at radius 1 is 1.10 bits per heavy atom. The second kappa shape index (κ2) is 15.4. The molecule has 228 valence electrons. The summed E-state index contributed by atoms with van der Waals surface area (Å²) in [6, 6.07) is 4.35. The Morgan fingerprint density at radius 2 is 1.80 bits per heavy atom. The van der Waals surface area contributed by atoms with Crippen LogP contribution in [0.1, 0.15) is 82.5 Å². The zero-order valence-electron chi connectivity index (χ0n) is 25.1.